The Labute approximate surface area is 108 Å². The van der Waals surface area contributed by atoms with Crippen molar-refractivity contribution in [3.05, 3.63) is 40.9 Å². The third-order valence-corrected chi connectivity index (χ3v) is 2.99. The summed E-state index contributed by atoms with van der Waals surface area (Å²) in [7, 11) is 0. The van der Waals surface area contributed by atoms with Gasteiger partial charge in [-0.15, -0.1) is 0 Å². The molecule has 0 unspecified atom stereocenters. The maximum Gasteiger partial charge on any atom is 0.420 e. The highest BCUT2D eigenvalue weighted by Gasteiger charge is 2.12. The van der Waals surface area contributed by atoms with E-state index in [2.05, 4.69) is 10.1 Å². The van der Waals surface area contributed by atoms with Crippen LogP contribution < -0.4 is 11.5 Å². The van der Waals surface area contributed by atoms with Crippen LogP contribution in [0.3, 0.4) is 0 Å². The van der Waals surface area contributed by atoms with E-state index in [1.807, 2.05) is 6.92 Å². The second kappa shape index (κ2) is 4.27. The smallest absolute Gasteiger partial charge is 0.408 e. The molecule has 19 heavy (non-hydrogen) atoms. The Balaban J connectivity index is 2.12. The van der Waals surface area contributed by atoms with Gasteiger partial charge in [0.2, 0.25) is 0 Å². The number of benzene rings is 1. The molecular formula is C12H13N5O2. The van der Waals surface area contributed by atoms with Gasteiger partial charge in [-0.05, 0) is 25.1 Å². The van der Waals surface area contributed by atoms with E-state index in [0.717, 1.165) is 0 Å². The van der Waals surface area contributed by atoms with Crippen LogP contribution in [0.2, 0.25) is 0 Å². The predicted octanol–water partition coefficient (Wildman–Crippen LogP) is 0.836. The first-order valence-electron chi connectivity index (χ1n) is 5.94. The van der Waals surface area contributed by atoms with Gasteiger partial charge in [-0.1, -0.05) is 0 Å². The summed E-state index contributed by atoms with van der Waals surface area (Å²) in [5.74, 6) is 0.279. The molecule has 0 spiro atoms. The van der Waals surface area contributed by atoms with Crippen LogP contribution in [-0.4, -0.2) is 19.3 Å². The van der Waals surface area contributed by atoms with Gasteiger partial charge in [0.25, 0.3) is 0 Å². The molecular weight excluding hydrogens is 246 g/mol. The van der Waals surface area contributed by atoms with E-state index in [-0.39, 0.29) is 0 Å². The topological polar surface area (TPSA) is 91.9 Å². The van der Waals surface area contributed by atoms with E-state index < -0.39 is 5.76 Å². The van der Waals surface area contributed by atoms with Crippen LogP contribution in [0.4, 0.5) is 5.69 Å². The summed E-state index contributed by atoms with van der Waals surface area (Å²) in [4.78, 5) is 16.0. The Morgan fingerprint density at radius 1 is 1.42 bits per heavy atom. The standard InChI is InChI=1S/C12H13N5O2/c1-2-17-11(14-7-15-17)6-16-9-5-8(13)3-4-10(9)19-12(16)18/h3-5,7H,2,6,13H2,1H3. The van der Waals surface area contributed by atoms with Crippen LogP contribution in [-0.2, 0) is 13.1 Å². The second-order valence-corrected chi connectivity index (χ2v) is 4.17. The van der Waals surface area contributed by atoms with Crippen molar-refractivity contribution in [3.8, 4) is 0 Å². The molecule has 3 rings (SSSR count). The van der Waals surface area contributed by atoms with Gasteiger partial charge < -0.3 is 10.2 Å². The highest BCUT2D eigenvalue weighted by molar-refractivity contribution is 5.77. The number of oxazole rings is 1. The Kier molecular flexibility index (Phi) is 2.59. The number of rotatable bonds is 3. The number of hydrogen-bond donors (Lipinski definition) is 1. The van der Waals surface area contributed by atoms with Gasteiger partial charge in [0, 0.05) is 12.2 Å². The first-order chi connectivity index (χ1) is 9.19. The lowest BCUT2D eigenvalue weighted by Gasteiger charge is -2.03. The van der Waals surface area contributed by atoms with E-state index in [4.69, 9.17) is 10.2 Å². The average molecular weight is 259 g/mol. The summed E-state index contributed by atoms with van der Waals surface area (Å²) in [6.45, 7) is 2.97. The largest absolute Gasteiger partial charge is 0.420 e. The molecule has 0 saturated heterocycles. The monoisotopic (exact) mass is 259 g/mol. The number of anilines is 1. The van der Waals surface area contributed by atoms with Crippen LogP contribution in [0.1, 0.15) is 12.7 Å². The van der Waals surface area contributed by atoms with Crippen LogP contribution in [0, 0.1) is 0 Å². The molecule has 0 fully saturated rings. The molecule has 0 aliphatic rings. The fourth-order valence-electron chi connectivity index (χ4n) is 2.04. The molecule has 1 aromatic carbocycles. The number of fused-ring (bicyclic) bond motifs is 1. The maximum atomic E-state index is 11.9. The SMILES string of the molecule is CCn1ncnc1Cn1c(=O)oc2ccc(N)cc21. The van der Waals surface area contributed by atoms with Crippen molar-refractivity contribution in [3.63, 3.8) is 0 Å². The summed E-state index contributed by atoms with van der Waals surface area (Å²) >= 11 is 0. The van der Waals surface area contributed by atoms with Crippen LogP contribution in [0.25, 0.3) is 11.1 Å². The minimum absolute atomic E-state index is 0.309. The quantitative estimate of drug-likeness (QED) is 0.703. The third-order valence-electron chi connectivity index (χ3n) is 2.99. The third kappa shape index (κ3) is 1.88. The molecule has 2 aromatic heterocycles. The minimum Gasteiger partial charge on any atom is -0.408 e. The van der Waals surface area contributed by atoms with E-state index >= 15 is 0 Å². The van der Waals surface area contributed by atoms with Crippen molar-refractivity contribution in [2.45, 2.75) is 20.0 Å². The Bertz CT molecular complexity index is 783. The van der Waals surface area contributed by atoms with Gasteiger partial charge in [-0.2, -0.15) is 5.10 Å². The predicted molar refractivity (Wildman–Crippen MR) is 69.7 cm³/mol. The summed E-state index contributed by atoms with van der Waals surface area (Å²) < 4.78 is 8.41. The van der Waals surface area contributed by atoms with Gasteiger partial charge in [0.05, 0.1) is 12.1 Å². The Hall–Kier alpha value is -2.57. The molecule has 0 amide bonds. The van der Waals surface area contributed by atoms with Crippen LogP contribution >= 0.6 is 0 Å². The summed E-state index contributed by atoms with van der Waals surface area (Å²) in [6, 6.07) is 5.10. The molecule has 0 atom stereocenters. The molecule has 2 N–H and O–H groups in total. The zero-order chi connectivity index (χ0) is 13.4. The van der Waals surface area contributed by atoms with Crippen molar-refractivity contribution in [1.82, 2.24) is 19.3 Å². The first-order valence-corrected chi connectivity index (χ1v) is 5.94. The Morgan fingerprint density at radius 3 is 3.05 bits per heavy atom. The lowest BCUT2D eigenvalue weighted by atomic mass is 10.3. The fourth-order valence-corrected chi connectivity index (χ4v) is 2.04. The zero-order valence-corrected chi connectivity index (χ0v) is 10.4. The molecule has 0 aliphatic carbocycles. The molecule has 0 saturated carbocycles. The zero-order valence-electron chi connectivity index (χ0n) is 10.4. The van der Waals surface area contributed by atoms with Crippen LogP contribution in [0.15, 0.2) is 33.7 Å². The van der Waals surface area contributed by atoms with E-state index in [9.17, 15) is 4.79 Å². The minimum atomic E-state index is -0.425. The van der Waals surface area contributed by atoms with Crippen LogP contribution in [0.5, 0.6) is 0 Å². The number of nitrogens with zero attached hydrogens (tertiary/aromatic N) is 4. The number of hydrogen-bond acceptors (Lipinski definition) is 5. The van der Waals surface area contributed by atoms with Crippen molar-refractivity contribution >= 4 is 16.8 Å². The van der Waals surface area contributed by atoms with Gasteiger partial charge in [0.1, 0.15) is 12.2 Å². The fraction of sp³-hybridized carbons (Fsp3) is 0.250. The van der Waals surface area contributed by atoms with E-state index in [1.165, 1.54) is 10.9 Å². The highest BCUT2D eigenvalue weighted by atomic mass is 16.4. The molecule has 7 heteroatoms. The summed E-state index contributed by atoms with van der Waals surface area (Å²) in [5, 5.41) is 4.08. The summed E-state index contributed by atoms with van der Waals surface area (Å²) in [5.41, 5.74) is 7.50. The number of nitrogen functional groups attached to an aromatic ring is 1. The van der Waals surface area contributed by atoms with Crippen molar-refractivity contribution < 1.29 is 4.42 Å². The number of aryl methyl sites for hydroxylation is 1. The molecule has 2 heterocycles. The Morgan fingerprint density at radius 2 is 2.26 bits per heavy atom. The second-order valence-electron chi connectivity index (χ2n) is 4.17. The van der Waals surface area contributed by atoms with Crippen molar-refractivity contribution in [2.75, 3.05) is 5.73 Å². The van der Waals surface area contributed by atoms with Gasteiger partial charge in [-0.3, -0.25) is 4.57 Å². The van der Waals surface area contributed by atoms with E-state index in [0.29, 0.717) is 35.7 Å². The molecule has 0 bridgehead atoms. The van der Waals surface area contributed by atoms with Crippen molar-refractivity contribution in [1.29, 1.82) is 0 Å². The van der Waals surface area contributed by atoms with Gasteiger partial charge in [-0.25, -0.2) is 14.5 Å². The molecule has 0 radical (unpaired) electrons. The lowest BCUT2D eigenvalue weighted by molar-refractivity contribution is 0.504. The lowest BCUT2D eigenvalue weighted by Crippen LogP contribution is -2.18. The van der Waals surface area contributed by atoms with Crippen molar-refractivity contribution in [2.24, 2.45) is 0 Å². The summed E-state index contributed by atoms with van der Waals surface area (Å²) in [6.07, 6.45) is 1.47. The number of aromatic nitrogens is 4. The first kappa shape index (κ1) is 11.5. The molecule has 0 aliphatic heterocycles. The van der Waals surface area contributed by atoms with Gasteiger partial charge in [0.15, 0.2) is 5.58 Å². The highest BCUT2D eigenvalue weighted by Crippen LogP contribution is 2.17. The van der Waals surface area contributed by atoms with Gasteiger partial charge >= 0.3 is 5.76 Å². The number of nitrogens with two attached hydrogens (primary N) is 1. The normalized spacial score (nSPS) is 11.2. The molecule has 98 valence electrons. The maximum absolute atomic E-state index is 11.9. The molecule has 7 nitrogen and oxygen atoms in total. The van der Waals surface area contributed by atoms with E-state index in [1.54, 1.807) is 22.9 Å². The molecule has 3 aromatic rings. The average Bonchev–Trinajstić information content (AvgIpc) is 2.96.